The van der Waals surface area contributed by atoms with Crippen LogP contribution in [0.1, 0.15) is 37.6 Å². The van der Waals surface area contributed by atoms with Gasteiger partial charge in [-0.05, 0) is 11.5 Å². The second-order valence-corrected chi connectivity index (χ2v) is 7.09. The Morgan fingerprint density at radius 2 is 1.96 bits per heavy atom. The summed E-state index contributed by atoms with van der Waals surface area (Å²) in [6.45, 7) is 9.22. The number of aromatic nitrogens is 2. The zero-order valence-corrected chi connectivity index (χ0v) is 16.1. The van der Waals surface area contributed by atoms with Crippen molar-refractivity contribution in [3.05, 3.63) is 35.7 Å². The highest BCUT2D eigenvalue weighted by atomic mass is 16.5. The van der Waals surface area contributed by atoms with Crippen molar-refractivity contribution in [1.82, 2.24) is 20.4 Å². The zero-order chi connectivity index (χ0) is 19.1. The number of ether oxygens (including phenoxy) is 1. The summed E-state index contributed by atoms with van der Waals surface area (Å²) in [5.41, 5.74) is 2.19. The number of hydrogen-bond donors (Lipinski definition) is 1. The first-order chi connectivity index (χ1) is 13.1. The summed E-state index contributed by atoms with van der Waals surface area (Å²) < 4.78 is 10.6. The standard InChI is InChI=1S/C20H28N4O3/c1-15(2)16-3-5-17(6-4-16)20-22-19(27-23-20)8-7-18(25)21-9-10-24-11-13-26-14-12-24/h3-6,15H,7-14H2,1-2H3,(H,21,25). The van der Waals surface area contributed by atoms with E-state index in [-0.39, 0.29) is 5.91 Å². The molecular weight excluding hydrogens is 344 g/mol. The third-order valence-electron chi connectivity index (χ3n) is 4.72. The van der Waals surface area contributed by atoms with E-state index in [2.05, 4.69) is 46.3 Å². The zero-order valence-electron chi connectivity index (χ0n) is 16.1. The maximum absolute atomic E-state index is 12.0. The van der Waals surface area contributed by atoms with Crippen molar-refractivity contribution in [3.8, 4) is 11.4 Å². The molecule has 1 N–H and O–H groups in total. The molecule has 0 radical (unpaired) electrons. The number of carbonyl (C=O) groups excluding carboxylic acids is 1. The molecule has 2 aromatic rings. The summed E-state index contributed by atoms with van der Waals surface area (Å²) in [5, 5.41) is 6.97. The molecular formula is C20H28N4O3. The Kier molecular flexibility index (Phi) is 6.95. The van der Waals surface area contributed by atoms with Crippen LogP contribution < -0.4 is 5.32 Å². The van der Waals surface area contributed by atoms with Crippen LogP contribution >= 0.6 is 0 Å². The molecule has 0 atom stereocenters. The van der Waals surface area contributed by atoms with Crippen LogP contribution in [0.15, 0.2) is 28.8 Å². The molecule has 0 aliphatic carbocycles. The van der Waals surface area contributed by atoms with E-state index in [0.717, 1.165) is 38.4 Å². The molecule has 0 spiro atoms. The number of nitrogens with one attached hydrogen (secondary N) is 1. The first kappa shape index (κ1) is 19.5. The predicted molar refractivity (Wildman–Crippen MR) is 102 cm³/mol. The molecule has 0 bridgehead atoms. The van der Waals surface area contributed by atoms with E-state index < -0.39 is 0 Å². The summed E-state index contributed by atoms with van der Waals surface area (Å²) in [6.07, 6.45) is 0.789. The number of nitrogens with zero attached hydrogens (tertiary/aromatic N) is 3. The van der Waals surface area contributed by atoms with E-state index in [1.807, 2.05) is 12.1 Å². The highest BCUT2D eigenvalue weighted by molar-refractivity contribution is 5.76. The Hall–Kier alpha value is -2.25. The van der Waals surface area contributed by atoms with Crippen LogP contribution in [0.2, 0.25) is 0 Å². The Morgan fingerprint density at radius 1 is 1.22 bits per heavy atom. The molecule has 7 nitrogen and oxygen atoms in total. The number of morpholine rings is 1. The average molecular weight is 372 g/mol. The van der Waals surface area contributed by atoms with Crippen LogP contribution in [-0.4, -0.2) is 60.3 Å². The molecule has 1 aromatic heterocycles. The van der Waals surface area contributed by atoms with E-state index in [0.29, 0.717) is 37.0 Å². The van der Waals surface area contributed by atoms with Gasteiger partial charge >= 0.3 is 0 Å². The Balaban J connectivity index is 1.41. The van der Waals surface area contributed by atoms with E-state index >= 15 is 0 Å². The summed E-state index contributed by atoms with van der Waals surface area (Å²) in [5.74, 6) is 1.54. The molecule has 146 valence electrons. The monoisotopic (exact) mass is 372 g/mol. The number of carbonyl (C=O) groups is 1. The van der Waals surface area contributed by atoms with Crippen molar-refractivity contribution in [2.45, 2.75) is 32.6 Å². The lowest BCUT2D eigenvalue weighted by molar-refractivity contribution is -0.121. The summed E-state index contributed by atoms with van der Waals surface area (Å²) in [6, 6.07) is 8.17. The van der Waals surface area contributed by atoms with Crippen LogP contribution in [0, 0.1) is 0 Å². The van der Waals surface area contributed by atoms with E-state index in [4.69, 9.17) is 9.26 Å². The fraction of sp³-hybridized carbons (Fsp3) is 0.550. The molecule has 1 fully saturated rings. The van der Waals surface area contributed by atoms with Crippen LogP contribution in [-0.2, 0) is 16.0 Å². The first-order valence-electron chi connectivity index (χ1n) is 9.61. The number of benzene rings is 1. The summed E-state index contributed by atoms with van der Waals surface area (Å²) >= 11 is 0. The normalized spacial score (nSPS) is 15.2. The van der Waals surface area contributed by atoms with E-state index in [1.54, 1.807) is 0 Å². The summed E-state index contributed by atoms with van der Waals surface area (Å²) in [4.78, 5) is 18.7. The van der Waals surface area contributed by atoms with Crippen molar-refractivity contribution >= 4 is 5.91 Å². The van der Waals surface area contributed by atoms with Gasteiger partial charge in [0.1, 0.15) is 0 Å². The fourth-order valence-electron chi connectivity index (χ4n) is 2.98. The maximum Gasteiger partial charge on any atom is 0.227 e. The smallest absolute Gasteiger partial charge is 0.227 e. The molecule has 0 unspecified atom stereocenters. The second-order valence-electron chi connectivity index (χ2n) is 7.09. The molecule has 7 heteroatoms. The lowest BCUT2D eigenvalue weighted by atomic mass is 10.0. The number of amides is 1. The van der Waals surface area contributed by atoms with Gasteiger partial charge in [0, 0.05) is 44.6 Å². The van der Waals surface area contributed by atoms with Gasteiger partial charge in [0.15, 0.2) is 0 Å². The Morgan fingerprint density at radius 3 is 2.67 bits per heavy atom. The maximum atomic E-state index is 12.0. The Bertz CT molecular complexity index is 721. The minimum Gasteiger partial charge on any atom is -0.379 e. The van der Waals surface area contributed by atoms with Crippen molar-refractivity contribution in [2.24, 2.45) is 0 Å². The van der Waals surface area contributed by atoms with Crippen molar-refractivity contribution in [3.63, 3.8) is 0 Å². The lowest BCUT2D eigenvalue weighted by Crippen LogP contribution is -2.41. The molecule has 1 aliphatic rings. The average Bonchev–Trinajstić information content (AvgIpc) is 3.16. The van der Waals surface area contributed by atoms with Gasteiger partial charge in [0.25, 0.3) is 0 Å². The molecule has 0 saturated carbocycles. The minimum atomic E-state index is 0.00398. The van der Waals surface area contributed by atoms with Crippen molar-refractivity contribution < 1.29 is 14.1 Å². The van der Waals surface area contributed by atoms with Crippen molar-refractivity contribution in [2.75, 3.05) is 39.4 Å². The molecule has 3 rings (SSSR count). The van der Waals surface area contributed by atoms with Gasteiger partial charge in [-0.1, -0.05) is 43.3 Å². The van der Waals surface area contributed by atoms with E-state index in [1.165, 1.54) is 5.56 Å². The number of hydrogen-bond acceptors (Lipinski definition) is 6. The number of rotatable bonds is 8. The largest absolute Gasteiger partial charge is 0.379 e. The highest BCUT2D eigenvalue weighted by Crippen LogP contribution is 2.20. The van der Waals surface area contributed by atoms with Gasteiger partial charge in [-0.25, -0.2) is 0 Å². The first-order valence-corrected chi connectivity index (χ1v) is 9.61. The van der Waals surface area contributed by atoms with Gasteiger partial charge in [-0.15, -0.1) is 0 Å². The minimum absolute atomic E-state index is 0.00398. The van der Waals surface area contributed by atoms with Gasteiger partial charge < -0.3 is 14.6 Å². The van der Waals surface area contributed by atoms with Gasteiger partial charge in [0.2, 0.25) is 17.6 Å². The third kappa shape index (κ3) is 5.87. The van der Waals surface area contributed by atoms with Crippen LogP contribution in [0.4, 0.5) is 0 Å². The van der Waals surface area contributed by atoms with Crippen molar-refractivity contribution in [1.29, 1.82) is 0 Å². The van der Waals surface area contributed by atoms with Crippen LogP contribution in [0.5, 0.6) is 0 Å². The fourth-order valence-corrected chi connectivity index (χ4v) is 2.98. The van der Waals surface area contributed by atoms with Gasteiger partial charge in [-0.3, -0.25) is 9.69 Å². The predicted octanol–water partition coefficient (Wildman–Crippen LogP) is 2.24. The lowest BCUT2D eigenvalue weighted by Gasteiger charge is -2.26. The molecule has 27 heavy (non-hydrogen) atoms. The van der Waals surface area contributed by atoms with Crippen LogP contribution in [0.3, 0.4) is 0 Å². The molecule has 1 amide bonds. The third-order valence-corrected chi connectivity index (χ3v) is 4.72. The highest BCUT2D eigenvalue weighted by Gasteiger charge is 2.12. The summed E-state index contributed by atoms with van der Waals surface area (Å²) in [7, 11) is 0. The second kappa shape index (κ2) is 9.62. The SMILES string of the molecule is CC(C)c1ccc(-c2noc(CCC(=O)NCCN3CCOCC3)n2)cc1. The Labute approximate surface area is 160 Å². The van der Waals surface area contributed by atoms with Gasteiger partial charge in [0.05, 0.1) is 13.2 Å². The topological polar surface area (TPSA) is 80.5 Å². The van der Waals surface area contributed by atoms with Gasteiger partial charge in [-0.2, -0.15) is 4.98 Å². The van der Waals surface area contributed by atoms with Crippen LogP contribution in [0.25, 0.3) is 11.4 Å². The quantitative estimate of drug-likeness (QED) is 0.765. The van der Waals surface area contributed by atoms with E-state index in [9.17, 15) is 4.79 Å². The number of aryl methyl sites for hydroxylation is 1. The molecule has 1 aliphatic heterocycles. The molecule has 1 aromatic carbocycles. The molecule has 2 heterocycles. The molecule has 1 saturated heterocycles.